The fourth-order valence-corrected chi connectivity index (χ4v) is 0.787. The van der Waals surface area contributed by atoms with Crippen molar-refractivity contribution in [2.45, 2.75) is 20.8 Å². The van der Waals surface area contributed by atoms with Crippen LogP contribution in [-0.2, 0) is 0 Å². The molecule has 1 heteroatoms. The van der Waals surface area contributed by atoms with Gasteiger partial charge in [0.15, 0.2) is 0 Å². The molecule has 0 unspecified atom stereocenters. The van der Waals surface area contributed by atoms with Gasteiger partial charge in [-0.15, -0.1) is 0 Å². The molecular weight excluding hydrogens is 158 g/mol. The predicted molar refractivity (Wildman–Crippen MR) is 60.3 cm³/mol. The van der Waals surface area contributed by atoms with Crippen molar-refractivity contribution in [1.29, 1.82) is 5.41 Å². The van der Waals surface area contributed by atoms with Gasteiger partial charge in [-0.3, -0.25) is 0 Å². The van der Waals surface area contributed by atoms with Crippen molar-refractivity contribution in [2.24, 2.45) is 0 Å². The first-order chi connectivity index (χ1) is 6.11. The molecule has 1 nitrogen and oxygen atoms in total. The number of allylic oxidation sites excluding steroid dienone is 7. The second kappa shape index (κ2) is 6.18. The van der Waals surface area contributed by atoms with Gasteiger partial charge in [0.1, 0.15) is 0 Å². The van der Waals surface area contributed by atoms with Gasteiger partial charge >= 0.3 is 0 Å². The highest BCUT2D eigenvalue weighted by Crippen LogP contribution is 2.02. The summed E-state index contributed by atoms with van der Waals surface area (Å²) in [7, 11) is 0. The molecule has 0 saturated heterocycles. The van der Waals surface area contributed by atoms with Gasteiger partial charge < -0.3 is 5.41 Å². The van der Waals surface area contributed by atoms with E-state index < -0.39 is 0 Å². The largest absolute Gasteiger partial charge is 0.300 e. The summed E-state index contributed by atoms with van der Waals surface area (Å²) in [6.07, 6.45) is 9.19. The molecule has 0 bridgehead atoms. The van der Waals surface area contributed by atoms with Crippen molar-refractivity contribution in [3.8, 4) is 0 Å². The lowest BCUT2D eigenvalue weighted by Crippen LogP contribution is -1.93. The highest BCUT2D eigenvalue weighted by molar-refractivity contribution is 6.08. The minimum Gasteiger partial charge on any atom is -0.300 e. The van der Waals surface area contributed by atoms with Crippen molar-refractivity contribution in [2.75, 3.05) is 0 Å². The lowest BCUT2D eigenvalue weighted by molar-refractivity contribution is 1.39. The quantitative estimate of drug-likeness (QED) is 0.498. The Kier molecular flexibility index (Phi) is 5.53. The molecule has 0 saturated carbocycles. The molecule has 0 aliphatic carbocycles. The zero-order valence-electron chi connectivity index (χ0n) is 8.59. The standard InChI is InChI=1S/C12H17N/c1-5-7-12(13)11(6-2)9-8-10(3)4/h5-9,13H,2H2,1,3-4H3/b7-5-,11-9+,13-12?. The van der Waals surface area contributed by atoms with Crippen molar-refractivity contribution in [3.63, 3.8) is 0 Å². The van der Waals surface area contributed by atoms with E-state index in [1.54, 1.807) is 12.2 Å². The van der Waals surface area contributed by atoms with Crippen molar-refractivity contribution in [1.82, 2.24) is 0 Å². The Hall–Kier alpha value is -1.37. The van der Waals surface area contributed by atoms with Crippen LogP contribution in [0, 0.1) is 5.41 Å². The summed E-state index contributed by atoms with van der Waals surface area (Å²) in [6.45, 7) is 9.62. The van der Waals surface area contributed by atoms with Gasteiger partial charge in [0.05, 0.1) is 5.71 Å². The molecule has 0 aliphatic rings. The summed E-state index contributed by atoms with van der Waals surface area (Å²) in [5.41, 5.74) is 2.56. The van der Waals surface area contributed by atoms with E-state index in [0.717, 1.165) is 5.57 Å². The van der Waals surface area contributed by atoms with Gasteiger partial charge in [-0.1, -0.05) is 36.5 Å². The van der Waals surface area contributed by atoms with E-state index in [0.29, 0.717) is 5.71 Å². The maximum Gasteiger partial charge on any atom is 0.0608 e. The fraction of sp³-hybridized carbons (Fsp3) is 0.250. The second-order valence-electron chi connectivity index (χ2n) is 2.98. The van der Waals surface area contributed by atoms with Crippen molar-refractivity contribution >= 4 is 5.71 Å². The Morgan fingerprint density at radius 3 is 2.23 bits per heavy atom. The third-order valence-corrected chi connectivity index (χ3v) is 1.46. The number of rotatable bonds is 4. The van der Waals surface area contributed by atoms with E-state index in [2.05, 4.69) is 6.58 Å². The molecule has 0 aromatic rings. The first-order valence-electron chi connectivity index (χ1n) is 4.31. The topological polar surface area (TPSA) is 23.9 Å². The summed E-state index contributed by atoms with van der Waals surface area (Å²) in [5.74, 6) is 0. The molecule has 0 amide bonds. The zero-order chi connectivity index (χ0) is 10.3. The Labute approximate surface area is 80.7 Å². The molecule has 0 heterocycles. The lowest BCUT2D eigenvalue weighted by atomic mass is 10.1. The SMILES string of the molecule is C=C/C(=C\C=C(C)C)C(=N)/C=C\C. The molecule has 0 atom stereocenters. The van der Waals surface area contributed by atoms with Crippen LogP contribution in [0.5, 0.6) is 0 Å². The van der Waals surface area contributed by atoms with Crippen LogP contribution in [0.3, 0.4) is 0 Å². The summed E-state index contributed by atoms with van der Waals surface area (Å²) in [5, 5.41) is 7.63. The zero-order valence-corrected chi connectivity index (χ0v) is 8.59. The Morgan fingerprint density at radius 1 is 1.23 bits per heavy atom. The summed E-state index contributed by atoms with van der Waals surface area (Å²) < 4.78 is 0. The molecule has 0 aromatic carbocycles. The van der Waals surface area contributed by atoms with Crippen LogP contribution in [0.25, 0.3) is 0 Å². The highest BCUT2D eigenvalue weighted by atomic mass is 14.4. The third-order valence-electron chi connectivity index (χ3n) is 1.46. The lowest BCUT2D eigenvalue weighted by Gasteiger charge is -1.97. The third kappa shape index (κ3) is 4.96. The smallest absolute Gasteiger partial charge is 0.0608 e. The monoisotopic (exact) mass is 175 g/mol. The van der Waals surface area contributed by atoms with E-state index >= 15 is 0 Å². The fourth-order valence-electron chi connectivity index (χ4n) is 0.787. The van der Waals surface area contributed by atoms with Gasteiger partial charge in [-0.05, 0) is 32.4 Å². The summed E-state index contributed by atoms with van der Waals surface area (Å²) >= 11 is 0. The average Bonchev–Trinajstić information content (AvgIpc) is 2.05. The van der Waals surface area contributed by atoms with Crippen LogP contribution >= 0.6 is 0 Å². The molecule has 0 aromatic heterocycles. The van der Waals surface area contributed by atoms with Crippen LogP contribution in [0.4, 0.5) is 0 Å². The minimum absolute atomic E-state index is 0.495. The van der Waals surface area contributed by atoms with Gasteiger partial charge in [-0.25, -0.2) is 0 Å². The van der Waals surface area contributed by atoms with Crippen LogP contribution in [0.2, 0.25) is 0 Å². The Bertz CT molecular complexity index is 273. The second-order valence-corrected chi connectivity index (χ2v) is 2.98. The minimum atomic E-state index is 0.495. The van der Waals surface area contributed by atoms with Gasteiger partial charge in [-0.2, -0.15) is 0 Å². The first kappa shape index (κ1) is 11.6. The molecule has 70 valence electrons. The van der Waals surface area contributed by atoms with E-state index in [1.807, 2.05) is 39.0 Å². The van der Waals surface area contributed by atoms with Gasteiger partial charge in [0.2, 0.25) is 0 Å². The maximum absolute atomic E-state index is 7.63. The van der Waals surface area contributed by atoms with Gasteiger partial charge in [0, 0.05) is 0 Å². The van der Waals surface area contributed by atoms with E-state index in [4.69, 9.17) is 5.41 Å². The van der Waals surface area contributed by atoms with Crippen molar-refractivity contribution in [3.05, 3.63) is 48.1 Å². The molecule has 0 fully saturated rings. The van der Waals surface area contributed by atoms with E-state index in [9.17, 15) is 0 Å². The number of hydrogen-bond donors (Lipinski definition) is 1. The van der Waals surface area contributed by atoms with Crippen LogP contribution in [-0.4, -0.2) is 5.71 Å². The maximum atomic E-state index is 7.63. The van der Waals surface area contributed by atoms with Gasteiger partial charge in [0.25, 0.3) is 0 Å². The van der Waals surface area contributed by atoms with E-state index in [-0.39, 0.29) is 0 Å². The molecular formula is C12H17N. The van der Waals surface area contributed by atoms with Crippen molar-refractivity contribution < 1.29 is 0 Å². The molecule has 0 radical (unpaired) electrons. The molecule has 0 rings (SSSR count). The number of nitrogens with one attached hydrogen (secondary N) is 1. The molecule has 0 spiro atoms. The number of hydrogen-bond acceptors (Lipinski definition) is 1. The predicted octanol–water partition coefficient (Wildman–Crippen LogP) is 3.66. The van der Waals surface area contributed by atoms with Crippen LogP contribution in [0.1, 0.15) is 20.8 Å². The highest BCUT2D eigenvalue weighted by Gasteiger charge is 1.93. The summed E-state index contributed by atoms with van der Waals surface area (Å²) in [4.78, 5) is 0. The normalized spacial score (nSPS) is 11.5. The Morgan fingerprint density at radius 2 is 1.85 bits per heavy atom. The average molecular weight is 175 g/mol. The van der Waals surface area contributed by atoms with Crippen LogP contribution in [0.15, 0.2) is 48.1 Å². The summed E-state index contributed by atoms with van der Waals surface area (Å²) in [6, 6.07) is 0. The molecule has 1 N–H and O–H groups in total. The molecule has 13 heavy (non-hydrogen) atoms. The molecule has 0 aliphatic heterocycles. The van der Waals surface area contributed by atoms with E-state index in [1.165, 1.54) is 5.57 Å². The Balaban J connectivity index is 4.70. The van der Waals surface area contributed by atoms with Crippen LogP contribution < -0.4 is 0 Å². The first-order valence-corrected chi connectivity index (χ1v) is 4.31.